The summed E-state index contributed by atoms with van der Waals surface area (Å²) in [6.07, 6.45) is 0. The van der Waals surface area contributed by atoms with Crippen molar-refractivity contribution in [1.82, 2.24) is 15.2 Å². The predicted molar refractivity (Wildman–Crippen MR) is 129 cm³/mol. The average Bonchev–Trinajstić information content (AvgIpc) is 3.22. The maximum absolute atomic E-state index is 12.7. The van der Waals surface area contributed by atoms with Crippen LogP contribution < -0.4 is 10.2 Å². The van der Waals surface area contributed by atoms with E-state index in [1.165, 1.54) is 10.3 Å². The third kappa shape index (κ3) is 4.27. The van der Waals surface area contributed by atoms with Crippen LogP contribution in [-0.2, 0) is 0 Å². The van der Waals surface area contributed by atoms with Crippen molar-refractivity contribution in [3.05, 3.63) is 71.8 Å². The van der Waals surface area contributed by atoms with Gasteiger partial charge < -0.3 is 10.2 Å². The number of aryl methyl sites for hydroxylation is 1. The summed E-state index contributed by atoms with van der Waals surface area (Å²) in [6.45, 7) is 7.55. The first-order chi connectivity index (χ1) is 15.2. The molecule has 31 heavy (non-hydrogen) atoms. The number of nitrogens with zero attached hydrogens (tertiary/aromatic N) is 3. The lowest BCUT2D eigenvalue weighted by Gasteiger charge is -2.34. The van der Waals surface area contributed by atoms with E-state index in [1.54, 1.807) is 11.3 Å². The van der Waals surface area contributed by atoms with Gasteiger partial charge in [-0.25, -0.2) is 4.98 Å². The third-order valence-corrected chi connectivity index (χ3v) is 7.00. The molecule has 1 N–H and O–H groups in total. The molecule has 1 aliphatic heterocycles. The number of benzene rings is 3. The highest BCUT2D eigenvalue weighted by molar-refractivity contribution is 7.22. The average molecular weight is 431 g/mol. The van der Waals surface area contributed by atoms with Crippen LogP contribution >= 0.6 is 11.3 Å². The Balaban J connectivity index is 1.13. The molecule has 0 radical (unpaired) electrons. The number of hydrogen-bond acceptors (Lipinski definition) is 5. The van der Waals surface area contributed by atoms with Gasteiger partial charge in [0, 0.05) is 44.8 Å². The number of amides is 1. The lowest BCUT2D eigenvalue weighted by molar-refractivity contribution is 0.0949. The van der Waals surface area contributed by atoms with E-state index in [0.29, 0.717) is 6.54 Å². The summed E-state index contributed by atoms with van der Waals surface area (Å²) >= 11 is 1.78. The normalized spacial score (nSPS) is 14.9. The second-order valence-electron chi connectivity index (χ2n) is 8.08. The van der Waals surface area contributed by atoms with Crippen LogP contribution in [0.15, 0.2) is 60.7 Å². The molecular weight excluding hydrogens is 404 g/mol. The molecular formula is C25H26N4OS. The molecule has 4 aromatic rings. The van der Waals surface area contributed by atoms with Crippen molar-refractivity contribution in [2.45, 2.75) is 6.92 Å². The maximum atomic E-state index is 12.7. The van der Waals surface area contributed by atoms with Crippen LogP contribution in [0.3, 0.4) is 0 Å². The Morgan fingerprint density at radius 2 is 1.84 bits per heavy atom. The molecule has 0 bridgehead atoms. The number of carbonyl (C=O) groups is 1. The first kappa shape index (κ1) is 20.0. The van der Waals surface area contributed by atoms with Gasteiger partial charge in [-0.3, -0.25) is 9.69 Å². The number of aromatic nitrogens is 1. The monoisotopic (exact) mass is 430 g/mol. The molecule has 6 heteroatoms. The van der Waals surface area contributed by atoms with Gasteiger partial charge in [0.05, 0.1) is 10.2 Å². The number of nitrogens with one attached hydrogen (secondary N) is 1. The van der Waals surface area contributed by atoms with Gasteiger partial charge in [-0.05, 0) is 41.5 Å². The third-order valence-electron chi connectivity index (χ3n) is 5.92. The van der Waals surface area contributed by atoms with E-state index in [0.717, 1.165) is 59.7 Å². The molecule has 1 saturated heterocycles. The van der Waals surface area contributed by atoms with Crippen molar-refractivity contribution in [1.29, 1.82) is 0 Å². The lowest BCUT2D eigenvalue weighted by Crippen LogP contribution is -2.48. The van der Waals surface area contributed by atoms with Crippen LogP contribution in [0.1, 0.15) is 15.9 Å². The molecule has 0 saturated carbocycles. The van der Waals surface area contributed by atoms with Crippen molar-refractivity contribution >= 4 is 43.4 Å². The Labute approximate surface area is 186 Å². The van der Waals surface area contributed by atoms with Gasteiger partial charge in [0.15, 0.2) is 5.13 Å². The molecule has 1 aliphatic rings. The number of thiazole rings is 1. The first-order valence-corrected chi connectivity index (χ1v) is 11.6. The molecule has 5 rings (SSSR count). The SMILES string of the molecule is Cc1ccc2nc(N3CCN(CCNC(=O)c4cccc5ccccc45)CC3)sc2c1. The van der Waals surface area contributed by atoms with Crippen molar-refractivity contribution in [2.24, 2.45) is 0 Å². The first-order valence-electron chi connectivity index (χ1n) is 10.8. The fourth-order valence-electron chi connectivity index (χ4n) is 4.16. The zero-order chi connectivity index (χ0) is 21.2. The van der Waals surface area contributed by atoms with E-state index in [-0.39, 0.29) is 5.91 Å². The van der Waals surface area contributed by atoms with Crippen LogP contribution in [-0.4, -0.2) is 55.1 Å². The molecule has 158 valence electrons. The Hall–Kier alpha value is -2.96. The largest absolute Gasteiger partial charge is 0.351 e. The highest BCUT2D eigenvalue weighted by Crippen LogP contribution is 2.30. The van der Waals surface area contributed by atoms with Crippen molar-refractivity contribution in [3.63, 3.8) is 0 Å². The zero-order valence-corrected chi connectivity index (χ0v) is 18.5. The fraction of sp³-hybridized carbons (Fsp3) is 0.280. The number of fused-ring (bicyclic) bond motifs is 2. The van der Waals surface area contributed by atoms with Crippen LogP contribution in [0.2, 0.25) is 0 Å². The number of carbonyl (C=O) groups excluding carboxylic acids is 1. The van der Waals surface area contributed by atoms with E-state index < -0.39 is 0 Å². The number of anilines is 1. The lowest BCUT2D eigenvalue weighted by atomic mass is 10.0. The zero-order valence-electron chi connectivity index (χ0n) is 17.7. The standard InChI is InChI=1S/C25H26N4OS/c1-18-9-10-22-23(17-18)31-25(27-22)29-15-13-28(14-16-29)12-11-26-24(30)21-8-4-6-19-5-2-3-7-20(19)21/h2-10,17H,11-16H2,1H3,(H,26,30). The van der Waals surface area contributed by atoms with Crippen LogP contribution in [0.25, 0.3) is 21.0 Å². The van der Waals surface area contributed by atoms with E-state index in [9.17, 15) is 4.79 Å². The van der Waals surface area contributed by atoms with Gasteiger partial charge >= 0.3 is 0 Å². The quantitative estimate of drug-likeness (QED) is 0.513. The number of piperazine rings is 1. The van der Waals surface area contributed by atoms with Crippen LogP contribution in [0.5, 0.6) is 0 Å². The molecule has 0 atom stereocenters. The minimum Gasteiger partial charge on any atom is -0.351 e. The molecule has 0 aliphatic carbocycles. The van der Waals surface area contributed by atoms with E-state index in [2.05, 4.69) is 40.2 Å². The summed E-state index contributed by atoms with van der Waals surface area (Å²) in [5.41, 5.74) is 3.11. The summed E-state index contributed by atoms with van der Waals surface area (Å²) < 4.78 is 1.26. The Morgan fingerprint density at radius 3 is 2.71 bits per heavy atom. The Morgan fingerprint density at radius 1 is 1.03 bits per heavy atom. The molecule has 1 aromatic heterocycles. The molecule has 1 fully saturated rings. The van der Waals surface area contributed by atoms with E-state index in [4.69, 9.17) is 4.98 Å². The highest BCUT2D eigenvalue weighted by Gasteiger charge is 2.20. The molecule has 5 nitrogen and oxygen atoms in total. The Bertz CT molecular complexity index is 1220. The van der Waals surface area contributed by atoms with Gasteiger partial charge in [0.2, 0.25) is 0 Å². The minimum atomic E-state index is 0.000190. The van der Waals surface area contributed by atoms with Gasteiger partial charge in [0.25, 0.3) is 5.91 Å². The number of rotatable bonds is 5. The highest BCUT2D eigenvalue weighted by atomic mass is 32.1. The smallest absolute Gasteiger partial charge is 0.251 e. The van der Waals surface area contributed by atoms with Crippen LogP contribution in [0, 0.1) is 6.92 Å². The van der Waals surface area contributed by atoms with E-state index in [1.807, 2.05) is 42.5 Å². The van der Waals surface area contributed by atoms with Crippen molar-refractivity contribution < 1.29 is 4.79 Å². The van der Waals surface area contributed by atoms with Gasteiger partial charge in [0.1, 0.15) is 0 Å². The molecule has 0 unspecified atom stereocenters. The summed E-state index contributed by atoms with van der Waals surface area (Å²) in [4.78, 5) is 22.3. The topological polar surface area (TPSA) is 48.5 Å². The maximum Gasteiger partial charge on any atom is 0.251 e. The molecule has 0 spiro atoms. The second kappa shape index (κ2) is 8.65. The van der Waals surface area contributed by atoms with Gasteiger partial charge in [-0.2, -0.15) is 0 Å². The molecule has 1 amide bonds. The minimum absolute atomic E-state index is 0.000190. The summed E-state index contributed by atoms with van der Waals surface area (Å²) in [6, 6.07) is 20.4. The summed E-state index contributed by atoms with van der Waals surface area (Å²) in [7, 11) is 0. The summed E-state index contributed by atoms with van der Waals surface area (Å²) in [5, 5.41) is 6.31. The van der Waals surface area contributed by atoms with Gasteiger partial charge in [-0.1, -0.05) is 53.8 Å². The van der Waals surface area contributed by atoms with Crippen molar-refractivity contribution in [2.75, 3.05) is 44.2 Å². The van der Waals surface area contributed by atoms with Gasteiger partial charge in [-0.15, -0.1) is 0 Å². The van der Waals surface area contributed by atoms with Crippen LogP contribution in [0.4, 0.5) is 5.13 Å². The summed E-state index contributed by atoms with van der Waals surface area (Å²) in [5.74, 6) is 0.000190. The second-order valence-corrected chi connectivity index (χ2v) is 9.09. The molecule has 2 heterocycles. The predicted octanol–water partition coefficient (Wildman–Crippen LogP) is 4.31. The number of hydrogen-bond donors (Lipinski definition) is 1. The van der Waals surface area contributed by atoms with E-state index >= 15 is 0 Å². The fourth-order valence-corrected chi connectivity index (χ4v) is 5.28. The van der Waals surface area contributed by atoms with Crippen molar-refractivity contribution in [3.8, 4) is 0 Å². The molecule has 3 aromatic carbocycles. The Kier molecular flexibility index (Phi) is 5.57.